The molecule has 6 heteroatoms. The normalized spacial score (nSPS) is 12.4. The molecule has 1 unspecified atom stereocenters. The van der Waals surface area contributed by atoms with E-state index in [2.05, 4.69) is 0 Å². The van der Waals surface area contributed by atoms with Gasteiger partial charge in [-0.1, -0.05) is 31.2 Å². The van der Waals surface area contributed by atoms with E-state index in [-0.39, 0.29) is 17.6 Å². The molecule has 0 saturated heterocycles. The highest BCUT2D eigenvalue weighted by atomic mass is 32.2. The maximum atomic E-state index is 12.7. The number of esters is 1. The summed E-state index contributed by atoms with van der Waals surface area (Å²) in [6, 6.07) is 12.4. The van der Waals surface area contributed by atoms with Crippen molar-refractivity contribution in [1.82, 2.24) is 0 Å². The molecule has 0 heterocycles. The van der Waals surface area contributed by atoms with Crippen molar-refractivity contribution in [3.05, 3.63) is 59.2 Å². The van der Waals surface area contributed by atoms with Crippen LogP contribution in [0.1, 0.15) is 42.4 Å². The predicted molar refractivity (Wildman–Crippen MR) is 110 cm³/mol. The van der Waals surface area contributed by atoms with Crippen molar-refractivity contribution >= 4 is 15.8 Å². The standard InChI is InChI=1S/C22H28O5S/c1-16(10-11-22(23)27-4)20-15-21(26-3)17(2)14-18(20)12-13-28(24,25)19-8-6-5-7-9-19/h5-9,14-16H,10-13H2,1-4H3. The Bertz CT molecular complexity index is 904. The van der Waals surface area contributed by atoms with Crippen molar-refractivity contribution in [1.29, 1.82) is 0 Å². The molecule has 0 aliphatic rings. The van der Waals surface area contributed by atoms with E-state index in [1.165, 1.54) is 7.11 Å². The first kappa shape index (κ1) is 22.0. The van der Waals surface area contributed by atoms with Crippen molar-refractivity contribution in [3.8, 4) is 5.75 Å². The number of rotatable bonds is 9. The number of aryl methyl sites for hydroxylation is 2. The topological polar surface area (TPSA) is 69.7 Å². The number of methoxy groups -OCH3 is 2. The Hall–Kier alpha value is -2.34. The fourth-order valence-electron chi connectivity index (χ4n) is 3.24. The zero-order valence-corrected chi connectivity index (χ0v) is 17.7. The predicted octanol–water partition coefficient (Wildman–Crippen LogP) is 4.08. The van der Waals surface area contributed by atoms with Gasteiger partial charge >= 0.3 is 5.97 Å². The molecule has 28 heavy (non-hydrogen) atoms. The number of ether oxygens (including phenoxy) is 2. The van der Waals surface area contributed by atoms with Crippen LogP contribution in [0.4, 0.5) is 0 Å². The summed E-state index contributed by atoms with van der Waals surface area (Å²) in [6.07, 6.45) is 1.34. The van der Waals surface area contributed by atoms with Crippen LogP contribution in [-0.2, 0) is 25.8 Å². The summed E-state index contributed by atoms with van der Waals surface area (Å²) in [5, 5.41) is 0. The van der Waals surface area contributed by atoms with Crippen molar-refractivity contribution in [2.24, 2.45) is 0 Å². The fraction of sp³-hybridized carbons (Fsp3) is 0.409. The quantitative estimate of drug-likeness (QED) is 0.589. The van der Waals surface area contributed by atoms with Gasteiger partial charge in [-0.15, -0.1) is 0 Å². The van der Waals surface area contributed by atoms with Crippen LogP contribution in [0.3, 0.4) is 0 Å². The number of carbonyl (C=O) groups excluding carboxylic acids is 1. The Morgan fingerprint density at radius 3 is 2.39 bits per heavy atom. The van der Waals surface area contributed by atoms with E-state index in [0.29, 0.717) is 24.2 Å². The van der Waals surface area contributed by atoms with Gasteiger partial charge in [-0.05, 0) is 60.6 Å². The minimum absolute atomic E-state index is 0.0273. The van der Waals surface area contributed by atoms with E-state index in [1.54, 1.807) is 37.4 Å². The van der Waals surface area contributed by atoms with Crippen LogP contribution in [0, 0.1) is 6.92 Å². The van der Waals surface area contributed by atoms with Crippen LogP contribution in [0.5, 0.6) is 5.75 Å². The lowest BCUT2D eigenvalue weighted by molar-refractivity contribution is -0.140. The Labute approximate surface area is 167 Å². The van der Waals surface area contributed by atoms with Gasteiger partial charge in [-0.3, -0.25) is 4.79 Å². The first-order valence-corrected chi connectivity index (χ1v) is 11.0. The highest BCUT2D eigenvalue weighted by Crippen LogP contribution is 2.31. The largest absolute Gasteiger partial charge is 0.496 e. The van der Waals surface area contributed by atoms with E-state index in [4.69, 9.17) is 9.47 Å². The van der Waals surface area contributed by atoms with Crippen LogP contribution in [0.2, 0.25) is 0 Å². The second-order valence-electron chi connectivity index (χ2n) is 6.92. The molecule has 0 spiro atoms. The van der Waals surface area contributed by atoms with Crippen LogP contribution in [-0.4, -0.2) is 34.4 Å². The third kappa shape index (κ3) is 5.58. The summed E-state index contributed by atoms with van der Waals surface area (Å²) < 4.78 is 35.5. The Kier molecular flexibility index (Phi) is 7.63. The van der Waals surface area contributed by atoms with Crippen LogP contribution in [0.15, 0.2) is 47.4 Å². The molecule has 0 bridgehead atoms. The summed E-state index contributed by atoms with van der Waals surface area (Å²) in [4.78, 5) is 11.8. The van der Waals surface area contributed by atoms with Crippen molar-refractivity contribution in [3.63, 3.8) is 0 Å². The van der Waals surface area contributed by atoms with Gasteiger partial charge in [0.25, 0.3) is 0 Å². The molecule has 152 valence electrons. The molecular formula is C22H28O5S. The summed E-state index contributed by atoms with van der Waals surface area (Å²) in [6.45, 7) is 3.97. The molecule has 2 aromatic carbocycles. The monoisotopic (exact) mass is 404 g/mol. The lowest BCUT2D eigenvalue weighted by atomic mass is 9.89. The highest BCUT2D eigenvalue weighted by Gasteiger charge is 2.19. The van der Waals surface area contributed by atoms with Gasteiger partial charge in [-0.2, -0.15) is 0 Å². The lowest BCUT2D eigenvalue weighted by Gasteiger charge is -2.19. The van der Waals surface area contributed by atoms with Gasteiger partial charge in [0.15, 0.2) is 9.84 Å². The number of hydrogen-bond donors (Lipinski definition) is 0. The molecule has 0 aromatic heterocycles. The third-order valence-electron chi connectivity index (χ3n) is 4.94. The maximum Gasteiger partial charge on any atom is 0.305 e. The van der Waals surface area contributed by atoms with Gasteiger partial charge in [0, 0.05) is 6.42 Å². The number of hydrogen-bond acceptors (Lipinski definition) is 5. The SMILES string of the molecule is COC(=O)CCC(C)c1cc(OC)c(C)cc1CCS(=O)(=O)c1ccccc1. The van der Waals surface area contributed by atoms with Gasteiger partial charge in [0.05, 0.1) is 24.9 Å². The zero-order chi connectivity index (χ0) is 20.7. The summed E-state index contributed by atoms with van der Waals surface area (Å²) in [5.41, 5.74) is 2.93. The van der Waals surface area contributed by atoms with Crippen molar-refractivity contribution < 1.29 is 22.7 Å². The maximum absolute atomic E-state index is 12.7. The molecule has 0 saturated carbocycles. The molecule has 0 fully saturated rings. The van der Waals surface area contributed by atoms with Gasteiger partial charge in [0.1, 0.15) is 5.75 Å². The lowest BCUT2D eigenvalue weighted by Crippen LogP contribution is -2.12. The molecule has 0 radical (unpaired) electrons. The van der Waals surface area contributed by atoms with E-state index in [0.717, 1.165) is 22.4 Å². The minimum atomic E-state index is -3.36. The van der Waals surface area contributed by atoms with E-state index in [1.807, 2.05) is 26.0 Å². The summed E-state index contributed by atoms with van der Waals surface area (Å²) in [7, 11) is -0.372. The number of sulfone groups is 1. The molecule has 2 rings (SSSR count). The van der Waals surface area contributed by atoms with Crippen LogP contribution in [0.25, 0.3) is 0 Å². The van der Waals surface area contributed by atoms with Crippen molar-refractivity contribution in [2.45, 2.75) is 43.9 Å². The fourth-order valence-corrected chi connectivity index (χ4v) is 4.54. The second kappa shape index (κ2) is 9.73. The van der Waals surface area contributed by atoms with Gasteiger partial charge < -0.3 is 9.47 Å². The minimum Gasteiger partial charge on any atom is -0.496 e. The molecule has 0 aliphatic heterocycles. The summed E-state index contributed by atoms with van der Waals surface area (Å²) in [5.74, 6) is 0.608. The second-order valence-corrected chi connectivity index (χ2v) is 9.03. The first-order valence-electron chi connectivity index (χ1n) is 9.30. The molecule has 2 aromatic rings. The average molecular weight is 405 g/mol. The smallest absolute Gasteiger partial charge is 0.305 e. The zero-order valence-electron chi connectivity index (χ0n) is 16.9. The average Bonchev–Trinajstić information content (AvgIpc) is 2.70. The molecule has 0 aliphatic carbocycles. The molecule has 5 nitrogen and oxygen atoms in total. The van der Waals surface area contributed by atoms with Gasteiger partial charge in [-0.25, -0.2) is 8.42 Å². The molecule has 1 atom stereocenters. The molecule has 0 amide bonds. The van der Waals surface area contributed by atoms with Crippen LogP contribution >= 0.6 is 0 Å². The Morgan fingerprint density at radius 2 is 1.79 bits per heavy atom. The summed E-state index contributed by atoms with van der Waals surface area (Å²) >= 11 is 0. The number of carbonyl (C=O) groups is 1. The highest BCUT2D eigenvalue weighted by molar-refractivity contribution is 7.91. The van der Waals surface area contributed by atoms with E-state index < -0.39 is 9.84 Å². The number of benzene rings is 2. The van der Waals surface area contributed by atoms with E-state index >= 15 is 0 Å². The Morgan fingerprint density at radius 1 is 1.11 bits per heavy atom. The third-order valence-corrected chi connectivity index (χ3v) is 6.67. The Balaban J connectivity index is 2.27. The van der Waals surface area contributed by atoms with E-state index in [9.17, 15) is 13.2 Å². The molecule has 0 N–H and O–H groups in total. The van der Waals surface area contributed by atoms with Crippen LogP contribution < -0.4 is 4.74 Å². The first-order chi connectivity index (χ1) is 13.3. The van der Waals surface area contributed by atoms with Gasteiger partial charge in [0.2, 0.25) is 0 Å². The van der Waals surface area contributed by atoms with Crippen molar-refractivity contribution in [2.75, 3.05) is 20.0 Å². The molecular weight excluding hydrogens is 376 g/mol.